The first-order chi connectivity index (χ1) is 11.3. The fourth-order valence-electron chi connectivity index (χ4n) is 2.18. The molecule has 2 heterocycles. The minimum Gasteiger partial charge on any atom is -0.364 e. The van der Waals surface area contributed by atoms with E-state index in [-0.39, 0.29) is 27.9 Å². The zero-order chi connectivity index (χ0) is 17.5. The van der Waals surface area contributed by atoms with E-state index in [0.29, 0.717) is 6.07 Å². The molecule has 3 rings (SSSR count). The molecule has 0 saturated carbocycles. The molecule has 1 amide bonds. The molecule has 0 fully saturated rings. The molecule has 0 bridgehead atoms. The highest BCUT2D eigenvalue weighted by molar-refractivity contribution is 5.95. The minimum absolute atomic E-state index is 0.120. The third-order valence-electron chi connectivity index (χ3n) is 3.29. The lowest BCUT2D eigenvalue weighted by molar-refractivity contribution is -0.139. The van der Waals surface area contributed by atoms with Crippen LogP contribution in [0.2, 0.25) is 0 Å². The number of benzene rings is 1. The lowest BCUT2D eigenvalue weighted by Gasteiger charge is -2.10. The average molecular weight is 336 g/mol. The molecular weight excluding hydrogens is 328 g/mol. The van der Waals surface area contributed by atoms with Crippen LogP contribution in [0, 0.1) is 5.82 Å². The number of primary amides is 1. The van der Waals surface area contributed by atoms with Crippen molar-refractivity contribution in [3.05, 3.63) is 53.9 Å². The van der Waals surface area contributed by atoms with Crippen molar-refractivity contribution in [2.24, 2.45) is 5.73 Å². The largest absolute Gasteiger partial charge is 0.419 e. The average Bonchev–Trinajstić information content (AvgIpc) is 2.52. The lowest BCUT2D eigenvalue weighted by atomic mass is 10.0. The number of fused-ring (bicyclic) bond motifs is 1. The topological polar surface area (TPSA) is 81.8 Å². The van der Waals surface area contributed by atoms with Crippen molar-refractivity contribution in [1.29, 1.82) is 0 Å². The van der Waals surface area contributed by atoms with Gasteiger partial charge in [0.1, 0.15) is 22.5 Å². The van der Waals surface area contributed by atoms with E-state index in [1.165, 1.54) is 12.4 Å². The Morgan fingerprint density at radius 1 is 1.12 bits per heavy atom. The fraction of sp³-hybridized carbons (Fsp3) is 0.0667. The first-order valence-electron chi connectivity index (χ1n) is 6.55. The number of hydrogen-bond donors (Lipinski definition) is 1. The summed E-state index contributed by atoms with van der Waals surface area (Å²) in [5, 5.41) is 0. The van der Waals surface area contributed by atoms with Crippen molar-refractivity contribution in [3.8, 4) is 11.1 Å². The van der Waals surface area contributed by atoms with E-state index < -0.39 is 23.5 Å². The molecule has 0 atom stereocenters. The van der Waals surface area contributed by atoms with E-state index in [2.05, 4.69) is 15.0 Å². The lowest BCUT2D eigenvalue weighted by Crippen LogP contribution is -2.13. The summed E-state index contributed by atoms with van der Waals surface area (Å²) in [6.07, 6.45) is -0.983. The van der Waals surface area contributed by atoms with E-state index in [1.807, 2.05) is 0 Å². The van der Waals surface area contributed by atoms with Crippen molar-refractivity contribution >= 4 is 16.9 Å². The third-order valence-corrected chi connectivity index (χ3v) is 3.29. The standard InChI is InChI=1S/C15H8F4N4O/c16-10-3-7(1-2-9(10)15(17,18)19)8-4-21-5-11-13(8)23-12(6-22-11)14(20)24/h1-6H,(H2,20,24). The molecule has 3 aromatic rings. The molecule has 0 spiro atoms. The number of alkyl halides is 3. The van der Waals surface area contributed by atoms with Gasteiger partial charge in [0.05, 0.1) is 18.0 Å². The number of amides is 1. The Hall–Kier alpha value is -3.10. The van der Waals surface area contributed by atoms with Gasteiger partial charge in [0.2, 0.25) is 0 Å². The first-order valence-corrected chi connectivity index (χ1v) is 6.55. The second-order valence-corrected chi connectivity index (χ2v) is 4.87. The van der Waals surface area contributed by atoms with Gasteiger partial charge < -0.3 is 5.73 Å². The van der Waals surface area contributed by atoms with Gasteiger partial charge in [-0.25, -0.2) is 9.37 Å². The maximum Gasteiger partial charge on any atom is 0.419 e. The SMILES string of the molecule is NC(=O)c1cnc2cncc(-c3ccc(C(F)(F)F)c(F)c3)c2n1. The number of nitrogens with zero attached hydrogens (tertiary/aromatic N) is 3. The second kappa shape index (κ2) is 5.52. The Morgan fingerprint density at radius 2 is 1.88 bits per heavy atom. The molecule has 2 N–H and O–H groups in total. The predicted octanol–water partition coefficient (Wildman–Crippen LogP) is 2.95. The maximum absolute atomic E-state index is 13.8. The van der Waals surface area contributed by atoms with E-state index in [4.69, 9.17) is 5.73 Å². The Labute approximate surface area is 132 Å². The van der Waals surface area contributed by atoms with Crippen LogP contribution < -0.4 is 5.73 Å². The molecule has 0 saturated heterocycles. The van der Waals surface area contributed by atoms with Gasteiger partial charge in [0.15, 0.2) is 0 Å². The Kier molecular flexibility index (Phi) is 3.63. The van der Waals surface area contributed by atoms with Crippen molar-refractivity contribution < 1.29 is 22.4 Å². The normalized spacial score (nSPS) is 11.7. The van der Waals surface area contributed by atoms with Gasteiger partial charge in [-0.3, -0.25) is 14.8 Å². The number of pyridine rings is 1. The van der Waals surface area contributed by atoms with Crippen LogP contribution in [0.25, 0.3) is 22.2 Å². The molecule has 122 valence electrons. The Morgan fingerprint density at radius 3 is 2.50 bits per heavy atom. The number of rotatable bonds is 2. The second-order valence-electron chi connectivity index (χ2n) is 4.87. The molecule has 0 unspecified atom stereocenters. The van der Waals surface area contributed by atoms with Gasteiger partial charge in [-0.1, -0.05) is 6.07 Å². The van der Waals surface area contributed by atoms with Crippen LogP contribution in [0.15, 0.2) is 36.8 Å². The Balaban J connectivity index is 2.21. The summed E-state index contributed by atoms with van der Waals surface area (Å²) in [4.78, 5) is 23.1. The minimum atomic E-state index is -4.79. The van der Waals surface area contributed by atoms with Crippen LogP contribution in [0.1, 0.15) is 16.1 Å². The van der Waals surface area contributed by atoms with Gasteiger partial charge >= 0.3 is 6.18 Å². The number of halogens is 4. The van der Waals surface area contributed by atoms with Crippen molar-refractivity contribution in [2.45, 2.75) is 6.18 Å². The van der Waals surface area contributed by atoms with Crippen LogP contribution in [0.5, 0.6) is 0 Å². The van der Waals surface area contributed by atoms with Gasteiger partial charge in [0.25, 0.3) is 5.91 Å². The predicted molar refractivity (Wildman–Crippen MR) is 76.2 cm³/mol. The molecule has 5 nitrogen and oxygen atoms in total. The summed E-state index contributed by atoms with van der Waals surface area (Å²) in [5.74, 6) is -2.23. The van der Waals surface area contributed by atoms with Crippen molar-refractivity contribution in [1.82, 2.24) is 15.0 Å². The highest BCUT2D eigenvalue weighted by Gasteiger charge is 2.34. The summed E-state index contributed by atoms with van der Waals surface area (Å²) in [6, 6.07) is 2.47. The Bertz CT molecular complexity index is 956. The number of aromatic nitrogens is 3. The number of hydrogen-bond acceptors (Lipinski definition) is 4. The van der Waals surface area contributed by atoms with Gasteiger partial charge in [-0.05, 0) is 17.7 Å². The summed E-state index contributed by atoms with van der Waals surface area (Å²) in [7, 11) is 0. The third kappa shape index (κ3) is 2.75. The van der Waals surface area contributed by atoms with Crippen LogP contribution in [-0.2, 0) is 6.18 Å². The van der Waals surface area contributed by atoms with Crippen LogP contribution in [0.3, 0.4) is 0 Å². The van der Waals surface area contributed by atoms with E-state index in [1.54, 1.807) is 0 Å². The van der Waals surface area contributed by atoms with Crippen LogP contribution >= 0.6 is 0 Å². The zero-order valence-electron chi connectivity index (χ0n) is 11.8. The van der Waals surface area contributed by atoms with Crippen molar-refractivity contribution in [2.75, 3.05) is 0 Å². The summed E-state index contributed by atoms with van der Waals surface area (Å²) >= 11 is 0. The van der Waals surface area contributed by atoms with Crippen LogP contribution in [0.4, 0.5) is 17.6 Å². The molecule has 0 aliphatic rings. The maximum atomic E-state index is 13.8. The molecule has 9 heteroatoms. The highest BCUT2D eigenvalue weighted by atomic mass is 19.4. The number of nitrogens with two attached hydrogens (primary N) is 1. The number of carbonyl (C=O) groups excluding carboxylic acids is 1. The fourth-order valence-corrected chi connectivity index (χ4v) is 2.18. The molecule has 1 aromatic carbocycles. The molecular formula is C15H8F4N4O. The van der Waals surface area contributed by atoms with E-state index in [9.17, 15) is 22.4 Å². The summed E-state index contributed by atoms with van der Waals surface area (Å²) in [5.41, 5.74) is 4.47. The van der Waals surface area contributed by atoms with Gasteiger partial charge in [-0.2, -0.15) is 13.2 Å². The van der Waals surface area contributed by atoms with E-state index in [0.717, 1.165) is 18.3 Å². The van der Waals surface area contributed by atoms with Crippen molar-refractivity contribution in [3.63, 3.8) is 0 Å². The number of carbonyl (C=O) groups is 1. The quantitative estimate of drug-likeness (QED) is 0.730. The van der Waals surface area contributed by atoms with Gasteiger partial charge in [0, 0.05) is 11.8 Å². The smallest absolute Gasteiger partial charge is 0.364 e. The van der Waals surface area contributed by atoms with E-state index >= 15 is 0 Å². The van der Waals surface area contributed by atoms with Gasteiger partial charge in [-0.15, -0.1) is 0 Å². The molecule has 24 heavy (non-hydrogen) atoms. The molecule has 0 aliphatic heterocycles. The van der Waals surface area contributed by atoms with Crippen LogP contribution in [-0.4, -0.2) is 20.9 Å². The zero-order valence-corrected chi connectivity index (χ0v) is 11.8. The highest BCUT2D eigenvalue weighted by Crippen LogP contribution is 2.34. The first kappa shape index (κ1) is 15.8. The summed E-state index contributed by atoms with van der Waals surface area (Å²) in [6.45, 7) is 0. The summed E-state index contributed by atoms with van der Waals surface area (Å²) < 4.78 is 51.7. The molecule has 2 aromatic heterocycles. The molecule has 0 radical (unpaired) electrons. The monoisotopic (exact) mass is 336 g/mol. The molecule has 0 aliphatic carbocycles.